The normalized spacial score (nSPS) is 9.95. The van der Waals surface area contributed by atoms with Crippen molar-refractivity contribution in [3.63, 3.8) is 0 Å². The van der Waals surface area contributed by atoms with Gasteiger partial charge in [0.1, 0.15) is 6.61 Å². The lowest BCUT2D eigenvalue weighted by atomic mass is 10.2. The smallest absolute Gasteiger partial charge is 0.162 e. The number of benzene rings is 1. The molecular weight excluding hydrogens is 260 g/mol. The Labute approximate surface area is 116 Å². The van der Waals surface area contributed by atoms with Gasteiger partial charge < -0.3 is 9.47 Å². The first-order valence-electron chi connectivity index (χ1n) is 5.93. The van der Waals surface area contributed by atoms with Crippen molar-refractivity contribution in [2.24, 2.45) is 0 Å². The number of ether oxygens (including phenoxy) is 2. The maximum atomic E-state index is 8.88. The van der Waals surface area contributed by atoms with Gasteiger partial charge in [0.2, 0.25) is 0 Å². The molecule has 0 unspecified atom stereocenters. The summed E-state index contributed by atoms with van der Waals surface area (Å²) < 4.78 is 11.2. The van der Waals surface area contributed by atoms with Crippen LogP contribution in [-0.2, 0) is 6.61 Å². The fourth-order valence-corrected chi connectivity index (χ4v) is 2.19. The van der Waals surface area contributed by atoms with Crippen molar-refractivity contribution in [3.05, 3.63) is 39.8 Å². The summed E-state index contributed by atoms with van der Waals surface area (Å²) >= 11 is 1.59. The van der Waals surface area contributed by atoms with E-state index in [1.807, 2.05) is 19.2 Å². The number of hydrogen-bond acceptors (Lipinski definition) is 5. The Kier molecular flexibility index (Phi) is 4.37. The van der Waals surface area contributed by atoms with Gasteiger partial charge in [-0.15, -0.1) is 11.3 Å². The predicted octanol–water partition coefficient (Wildman–Crippen LogP) is 3.30. The SMILES string of the molecule is CCOc1cc(C#N)ccc1OCc1csc(C)n1. The third kappa shape index (κ3) is 3.46. The third-order valence-electron chi connectivity index (χ3n) is 2.41. The molecule has 4 nitrogen and oxygen atoms in total. The van der Waals surface area contributed by atoms with E-state index >= 15 is 0 Å². The van der Waals surface area contributed by atoms with E-state index < -0.39 is 0 Å². The Morgan fingerprint density at radius 1 is 1.32 bits per heavy atom. The molecule has 0 aliphatic rings. The van der Waals surface area contributed by atoms with Crippen LogP contribution in [-0.4, -0.2) is 11.6 Å². The highest BCUT2D eigenvalue weighted by Crippen LogP contribution is 2.29. The molecular formula is C14H14N2O2S. The van der Waals surface area contributed by atoms with Gasteiger partial charge in [0, 0.05) is 11.4 Å². The molecule has 1 aromatic heterocycles. The number of thiazole rings is 1. The molecule has 1 aromatic carbocycles. The van der Waals surface area contributed by atoms with Crippen LogP contribution in [0.1, 0.15) is 23.2 Å². The number of nitriles is 1. The highest BCUT2D eigenvalue weighted by atomic mass is 32.1. The van der Waals surface area contributed by atoms with Gasteiger partial charge in [0.05, 0.1) is 28.9 Å². The summed E-state index contributed by atoms with van der Waals surface area (Å²) in [7, 11) is 0. The Bertz CT molecular complexity index is 602. The van der Waals surface area contributed by atoms with Gasteiger partial charge in [-0.05, 0) is 26.0 Å². The van der Waals surface area contributed by atoms with E-state index in [9.17, 15) is 0 Å². The topological polar surface area (TPSA) is 55.1 Å². The van der Waals surface area contributed by atoms with Gasteiger partial charge in [0.25, 0.3) is 0 Å². The minimum absolute atomic E-state index is 0.399. The van der Waals surface area contributed by atoms with Gasteiger partial charge in [-0.1, -0.05) is 0 Å². The molecule has 1 heterocycles. The minimum Gasteiger partial charge on any atom is -0.490 e. The third-order valence-corrected chi connectivity index (χ3v) is 3.24. The average molecular weight is 274 g/mol. The summed E-state index contributed by atoms with van der Waals surface area (Å²) in [6.07, 6.45) is 0. The highest BCUT2D eigenvalue weighted by Gasteiger charge is 2.07. The van der Waals surface area contributed by atoms with Crippen molar-refractivity contribution in [2.45, 2.75) is 20.5 Å². The van der Waals surface area contributed by atoms with E-state index in [2.05, 4.69) is 11.1 Å². The molecule has 0 fully saturated rings. The first kappa shape index (κ1) is 13.4. The summed E-state index contributed by atoms with van der Waals surface area (Å²) in [6.45, 7) is 4.78. The van der Waals surface area contributed by atoms with Gasteiger partial charge in [-0.3, -0.25) is 0 Å². The highest BCUT2D eigenvalue weighted by molar-refractivity contribution is 7.09. The van der Waals surface area contributed by atoms with E-state index in [-0.39, 0.29) is 0 Å². The van der Waals surface area contributed by atoms with Crippen LogP contribution in [0.3, 0.4) is 0 Å². The number of aryl methyl sites for hydroxylation is 1. The maximum Gasteiger partial charge on any atom is 0.162 e. The quantitative estimate of drug-likeness (QED) is 0.839. The van der Waals surface area contributed by atoms with Crippen molar-refractivity contribution >= 4 is 11.3 Å². The molecule has 2 rings (SSSR count). The number of rotatable bonds is 5. The Morgan fingerprint density at radius 3 is 2.79 bits per heavy atom. The van der Waals surface area contributed by atoms with Gasteiger partial charge in [-0.25, -0.2) is 4.98 Å². The van der Waals surface area contributed by atoms with Crippen molar-refractivity contribution < 1.29 is 9.47 Å². The first-order valence-corrected chi connectivity index (χ1v) is 6.81. The number of nitrogens with zero attached hydrogens (tertiary/aromatic N) is 2. The second kappa shape index (κ2) is 6.21. The summed E-state index contributed by atoms with van der Waals surface area (Å²) in [4.78, 5) is 4.34. The molecule has 2 aromatic rings. The number of aromatic nitrogens is 1. The summed E-state index contributed by atoms with van der Waals surface area (Å²) in [5, 5.41) is 11.9. The average Bonchev–Trinajstić information content (AvgIpc) is 2.83. The monoisotopic (exact) mass is 274 g/mol. The zero-order chi connectivity index (χ0) is 13.7. The summed E-state index contributed by atoms with van der Waals surface area (Å²) in [5.41, 5.74) is 1.45. The van der Waals surface area contributed by atoms with E-state index in [1.165, 1.54) is 0 Å². The lowest BCUT2D eigenvalue weighted by Gasteiger charge is -2.11. The molecule has 5 heteroatoms. The molecule has 0 aliphatic heterocycles. The predicted molar refractivity (Wildman–Crippen MR) is 73.5 cm³/mol. The zero-order valence-electron chi connectivity index (χ0n) is 10.8. The molecule has 0 radical (unpaired) electrons. The molecule has 0 saturated carbocycles. The van der Waals surface area contributed by atoms with E-state index in [0.29, 0.717) is 30.3 Å². The van der Waals surface area contributed by atoms with Gasteiger partial charge >= 0.3 is 0 Å². The molecule has 0 aliphatic carbocycles. The Morgan fingerprint density at radius 2 is 2.16 bits per heavy atom. The number of hydrogen-bond donors (Lipinski definition) is 0. The first-order chi connectivity index (χ1) is 9.22. The fourth-order valence-electron chi connectivity index (χ4n) is 1.59. The molecule has 0 N–H and O–H groups in total. The van der Waals surface area contributed by atoms with Crippen molar-refractivity contribution in [1.82, 2.24) is 4.98 Å². The molecule has 19 heavy (non-hydrogen) atoms. The van der Waals surface area contributed by atoms with Crippen LogP contribution in [0.25, 0.3) is 0 Å². The lowest BCUT2D eigenvalue weighted by molar-refractivity contribution is 0.267. The molecule has 0 spiro atoms. The molecule has 0 saturated heterocycles. The zero-order valence-corrected chi connectivity index (χ0v) is 11.7. The van der Waals surface area contributed by atoms with Crippen molar-refractivity contribution in [1.29, 1.82) is 5.26 Å². The van der Waals surface area contributed by atoms with E-state index in [4.69, 9.17) is 14.7 Å². The molecule has 0 atom stereocenters. The fraction of sp³-hybridized carbons (Fsp3) is 0.286. The van der Waals surface area contributed by atoms with E-state index in [0.717, 1.165) is 10.7 Å². The van der Waals surface area contributed by atoms with Crippen LogP contribution >= 0.6 is 11.3 Å². The van der Waals surface area contributed by atoms with Gasteiger partial charge in [0.15, 0.2) is 11.5 Å². The maximum absolute atomic E-state index is 8.88. The van der Waals surface area contributed by atoms with E-state index in [1.54, 1.807) is 29.5 Å². The van der Waals surface area contributed by atoms with Crippen LogP contribution in [0.2, 0.25) is 0 Å². The van der Waals surface area contributed by atoms with Crippen molar-refractivity contribution in [3.8, 4) is 17.6 Å². The van der Waals surface area contributed by atoms with Crippen LogP contribution in [0, 0.1) is 18.3 Å². The summed E-state index contributed by atoms with van der Waals surface area (Å²) in [6, 6.07) is 7.23. The second-order valence-electron chi connectivity index (χ2n) is 3.85. The molecule has 0 amide bonds. The van der Waals surface area contributed by atoms with Gasteiger partial charge in [-0.2, -0.15) is 5.26 Å². The standard InChI is InChI=1S/C14H14N2O2S/c1-3-17-14-6-11(7-15)4-5-13(14)18-8-12-9-19-10(2)16-12/h4-6,9H,3,8H2,1-2H3. The largest absolute Gasteiger partial charge is 0.490 e. The lowest BCUT2D eigenvalue weighted by Crippen LogP contribution is -2.00. The molecule has 98 valence electrons. The van der Waals surface area contributed by atoms with Crippen molar-refractivity contribution in [2.75, 3.05) is 6.61 Å². The van der Waals surface area contributed by atoms with Crippen LogP contribution < -0.4 is 9.47 Å². The Hall–Kier alpha value is -2.06. The van der Waals surface area contributed by atoms with Crippen LogP contribution in [0.4, 0.5) is 0 Å². The molecule has 0 bridgehead atoms. The Balaban J connectivity index is 2.12. The summed E-state index contributed by atoms with van der Waals surface area (Å²) in [5.74, 6) is 1.22. The minimum atomic E-state index is 0.399. The van der Waals surface area contributed by atoms with Crippen LogP contribution in [0.15, 0.2) is 23.6 Å². The second-order valence-corrected chi connectivity index (χ2v) is 4.92. The van der Waals surface area contributed by atoms with Crippen LogP contribution in [0.5, 0.6) is 11.5 Å².